The molecule has 1 aromatic rings. The van der Waals surface area contributed by atoms with Crippen LogP contribution in [0.3, 0.4) is 0 Å². The molecule has 18 heavy (non-hydrogen) atoms. The summed E-state index contributed by atoms with van der Waals surface area (Å²) >= 11 is 0. The Hall–Kier alpha value is -1.79. The molecule has 0 saturated carbocycles. The lowest BCUT2D eigenvalue weighted by Gasteiger charge is -2.23. The molecule has 5 nitrogen and oxygen atoms in total. The summed E-state index contributed by atoms with van der Waals surface area (Å²) in [6, 6.07) is 0. The second kappa shape index (κ2) is 4.47. The van der Waals surface area contributed by atoms with Crippen molar-refractivity contribution in [3.63, 3.8) is 0 Å². The van der Waals surface area contributed by atoms with Crippen LogP contribution in [0.4, 0.5) is 14.7 Å². The number of aromatic nitrogens is 2. The van der Waals surface area contributed by atoms with Gasteiger partial charge >= 0.3 is 0 Å². The third-order valence-corrected chi connectivity index (χ3v) is 2.90. The lowest BCUT2D eigenvalue weighted by atomic mass is 10.0. The second-order valence-electron chi connectivity index (χ2n) is 4.54. The summed E-state index contributed by atoms with van der Waals surface area (Å²) in [7, 11) is 3.03. The molecule has 0 radical (unpaired) electrons. The van der Waals surface area contributed by atoms with Crippen molar-refractivity contribution >= 4 is 11.9 Å². The molecule has 2 rings (SSSR count). The van der Waals surface area contributed by atoms with Gasteiger partial charge in [-0.3, -0.25) is 4.79 Å². The minimum atomic E-state index is -1.92. The molecule has 1 fully saturated rings. The van der Waals surface area contributed by atoms with Crippen molar-refractivity contribution in [2.24, 2.45) is 0 Å². The molecule has 1 saturated heterocycles. The average Bonchev–Trinajstić information content (AvgIpc) is 2.73. The highest BCUT2D eigenvalue weighted by Crippen LogP contribution is 2.29. The Kier molecular flexibility index (Phi) is 3.14. The predicted octanol–water partition coefficient (Wildman–Crippen LogP) is 0.622. The highest BCUT2D eigenvalue weighted by molar-refractivity contribution is 5.86. The number of halogens is 2. The quantitative estimate of drug-likeness (QED) is 0.778. The van der Waals surface area contributed by atoms with E-state index in [4.69, 9.17) is 0 Å². The molecule has 1 atom stereocenters. The Morgan fingerprint density at radius 3 is 2.61 bits per heavy atom. The molecular formula is C11H14F2N4O. The molecule has 1 unspecified atom stereocenters. The number of hydrogen-bond donors (Lipinski definition) is 0. The van der Waals surface area contributed by atoms with Gasteiger partial charge in [-0.05, 0) is 0 Å². The number of nitrogens with zero attached hydrogens (tertiary/aromatic N) is 4. The first-order valence-electron chi connectivity index (χ1n) is 5.55. The van der Waals surface area contributed by atoms with Gasteiger partial charge in [-0.1, -0.05) is 0 Å². The Balaban J connectivity index is 2.13. The van der Waals surface area contributed by atoms with Crippen LogP contribution in [0.1, 0.15) is 6.42 Å². The number of alkyl halides is 1. The maximum absolute atomic E-state index is 14.4. The van der Waals surface area contributed by atoms with Crippen LogP contribution in [0.5, 0.6) is 0 Å². The first-order chi connectivity index (χ1) is 8.42. The summed E-state index contributed by atoms with van der Waals surface area (Å²) in [6.45, 7) is 0.233. The maximum atomic E-state index is 14.4. The number of anilines is 1. The van der Waals surface area contributed by atoms with Gasteiger partial charge in [-0.15, -0.1) is 0 Å². The average molecular weight is 256 g/mol. The highest BCUT2D eigenvalue weighted by atomic mass is 19.1. The molecule has 0 aromatic carbocycles. The van der Waals surface area contributed by atoms with Crippen LogP contribution in [-0.2, 0) is 4.79 Å². The summed E-state index contributed by atoms with van der Waals surface area (Å²) in [5.74, 6) is -0.872. The van der Waals surface area contributed by atoms with E-state index >= 15 is 0 Å². The summed E-state index contributed by atoms with van der Waals surface area (Å²) in [5, 5.41) is 0. The van der Waals surface area contributed by atoms with E-state index in [1.807, 2.05) is 0 Å². The molecule has 1 aliphatic rings. The van der Waals surface area contributed by atoms with E-state index in [1.165, 1.54) is 19.0 Å². The Labute approximate surface area is 103 Å². The van der Waals surface area contributed by atoms with E-state index in [-0.39, 0.29) is 18.9 Å². The summed E-state index contributed by atoms with van der Waals surface area (Å²) < 4.78 is 27.1. The standard InChI is InChI=1S/C11H14F2N4O/c1-16(2)9(18)11(13)3-4-17(7-11)10-14-5-8(12)6-15-10/h5-6H,3-4,7H2,1-2H3. The second-order valence-corrected chi connectivity index (χ2v) is 4.54. The first kappa shape index (κ1) is 12.7. The molecule has 2 heterocycles. The molecule has 0 aliphatic carbocycles. The zero-order chi connectivity index (χ0) is 13.3. The molecule has 0 bridgehead atoms. The van der Waals surface area contributed by atoms with Crippen LogP contribution in [0.2, 0.25) is 0 Å². The zero-order valence-corrected chi connectivity index (χ0v) is 10.2. The summed E-state index contributed by atoms with van der Waals surface area (Å²) in [6.07, 6.45) is 2.13. The predicted molar refractivity (Wildman–Crippen MR) is 61.4 cm³/mol. The smallest absolute Gasteiger partial charge is 0.261 e. The van der Waals surface area contributed by atoms with Gasteiger partial charge < -0.3 is 9.80 Å². The molecule has 98 valence electrons. The number of hydrogen-bond acceptors (Lipinski definition) is 4. The third-order valence-electron chi connectivity index (χ3n) is 2.90. The van der Waals surface area contributed by atoms with E-state index in [9.17, 15) is 13.6 Å². The van der Waals surface area contributed by atoms with Crippen molar-refractivity contribution in [3.8, 4) is 0 Å². The monoisotopic (exact) mass is 256 g/mol. The third kappa shape index (κ3) is 2.25. The van der Waals surface area contributed by atoms with Crippen LogP contribution in [0.15, 0.2) is 12.4 Å². The lowest BCUT2D eigenvalue weighted by molar-refractivity contribution is -0.139. The number of carbonyl (C=O) groups is 1. The Bertz CT molecular complexity index is 451. The van der Waals surface area contributed by atoms with E-state index in [0.717, 1.165) is 12.4 Å². The van der Waals surface area contributed by atoms with E-state index in [1.54, 1.807) is 4.90 Å². The fraction of sp³-hybridized carbons (Fsp3) is 0.545. The van der Waals surface area contributed by atoms with Crippen LogP contribution in [-0.4, -0.2) is 53.6 Å². The fourth-order valence-electron chi connectivity index (χ4n) is 1.99. The minimum Gasteiger partial charge on any atom is -0.346 e. The van der Waals surface area contributed by atoms with Crippen molar-refractivity contribution in [1.29, 1.82) is 0 Å². The molecule has 0 spiro atoms. The normalized spacial score (nSPS) is 23.2. The molecule has 7 heteroatoms. The SMILES string of the molecule is CN(C)C(=O)C1(F)CCN(c2ncc(F)cn2)C1. The van der Waals surface area contributed by atoms with E-state index in [0.29, 0.717) is 6.54 Å². The fourth-order valence-corrected chi connectivity index (χ4v) is 1.99. The van der Waals surface area contributed by atoms with E-state index in [2.05, 4.69) is 9.97 Å². The first-order valence-corrected chi connectivity index (χ1v) is 5.55. The summed E-state index contributed by atoms with van der Waals surface area (Å²) in [5.41, 5.74) is -1.92. The molecule has 1 aliphatic heterocycles. The zero-order valence-electron chi connectivity index (χ0n) is 10.2. The molecule has 0 N–H and O–H groups in total. The molecular weight excluding hydrogens is 242 g/mol. The number of carbonyl (C=O) groups excluding carboxylic acids is 1. The van der Waals surface area contributed by atoms with Gasteiger partial charge in [-0.2, -0.15) is 0 Å². The van der Waals surface area contributed by atoms with Gasteiger partial charge in [0.25, 0.3) is 5.91 Å². The maximum Gasteiger partial charge on any atom is 0.261 e. The number of rotatable bonds is 2. The van der Waals surface area contributed by atoms with Gasteiger partial charge in [0.1, 0.15) is 0 Å². The minimum absolute atomic E-state index is 0.0880. The number of amides is 1. The van der Waals surface area contributed by atoms with Crippen molar-refractivity contribution in [2.45, 2.75) is 12.1 Å². The molecule has 1 aromatic heterocycles. The summed E-state index contributed by atoms with van der Waals surface area (Å²) in [4.78, 5) is 22.1. The van der Waals surface area contributed by atoms with Gasteiger partial charge in [0.2, 0.25) is 11.6 Å². The van der Waals surface area contributed by atoms with Crippen LogP contribution in [0.25, 0.3) is 0 Å². The van der Waals surface area contributed by atoms with Crippen molar-refractivity contribution in [1.82, 2.24) is 14.9 Å². The van der Waals surface area contributed by atoms with Gasteiger partial charge in [-0.25, -0.2) is 18.7 Å². The largest absolute Gasteiger partial charge is 0.346 e. The van der Waals surface area contributed by atoms with E-state index < -0.39 is 17.4 Å². The lowest BCUT2D eigenvalue weighted by Crippen LogP contribution is -2.44. The van der Waals surface area contributed by atoms with Crippen LogP contribution >= 0.6 is 0 Å². The Morgan fingerprint density at radius 1 is 1.44 bits per heavy atom. The van der Waals surface area contributed by atoms with Crippen molar-refractivity contribution in [3.05, 3.63) is 18.2 Å². The van der Waals surface area contributed by atoms with Crippen LogP contribution in [0, 0.1) is 5.82 Å². The topological polar surface area (TPSA) is 49.3 Å². The Morgan fingerprint density at radius 2 is 2.06 bits per heavy atom. The highest BCUT2D eigenvalue weighted by Gasteiger charge is 2.46. The van der Waals surface area contributed by atoms with Gasteiger partial charge in [0, 0.05) is 27.1 Å². The van der Waals surface area contributed by atoms with Gasteiger partial charge in [0.05, 0.1) is 18.9 Å². The van der Waals surface area contributed by atoms with Gasteiger partial charge in [0.15, 0.2) is 5.82 Å². The molecule has 1 amide bonds. The van der Waals surface area contributed by atoms with Crippen molar-refractivity contribution < 1.29 is 13.6 Å². The van der Waals surface area contributed by atoms with Crippen molar-refractivity contribution in [2.75, 3.05) is 32.1 Å². The van der Waals surface area contributed by atoms with Crippen LogP contribution < -0.4 is 4.90 Å².